The topological polar surface area (TPSA) is 460 Å². The second kappa shape index (κ2) is 38.2. The van der Waals surface area contributed by atoms with E-state index in [2.05, 4.69) is 46.9 Å². The quantitative estimate of drug-likeness (QED) is 0.0114. The molecule has 0 saturated carbocycles. The van der Waals surface area contributed by atoms with Crippen LogP contribution in [0, 0.1) is 0 Å². The number of hydrogen-bond donors (Lipinski definition) is 13. The molecule has 88 heavy (non-hydrogen) atoms. The number of phenols is 1. The fourth-order valence-electron chi connectivity index (χ4n) is 9.37. The second-order valence-corrected chi connectivity index (χ2v) is 22.4. The number of thioether (sulfide) groups is 1. The van der Waals surface area contributed by atoms with Crippen LogP contribution in [0.4, 0.5) is 0 Å². The number of aliphatic hydroxyl groups is 1. The van der Waals surface area contributed by atoms with Gasteiger partial charge in [0, 0.05) is 56.0 Å². The van der Waals surface area contributed by atoms with Gasteiger partial charge in [0.2, 0.25) is 47.3 Å². The van der Waals surface area contributed by atoms with Crippen molar-refractivity contribution in [1.29, 1.82) is 0 Å². The van der Waals surface area contributed by atoms with Gasteiger partial charge in [0.05, 0.1) is 17.9 Å². The zero-order valence-electron chi connectivity index (χ0n) is 48.9. The minimum absolute atomic E-state index is 0.0100. The number of rotatable bonds is 28. The first-order chi connectivity index (χ1) is 42.1. The molecule has 1 aliphatic heterocycles. The number of fused-ring (bicyclic) bond motifs is 1. The number of nitrogens with zero attached hydrogens (tertiary/aromatic N) is 3. The SMILES string of the molecule is C[C@@H](O)[C@@H]1NC(=O)[C@H](CCCCN)NC(=O)[C@@H](Cc2c[nH]c3ccccc23)NC(=O)[C@H](Cc2ccc(O)cc2)NC(=O)[C@H](CCSCC(=O)NC[C@H](N)C([O-])=N[C@@H](CCCCN)C([O-])=N[C@@H](C[S-])C(N)=O)N(C)C(=O)[C@H](Cc2ccccc2)NC1=O.[O]=[99Tc+3]. The molecule has 3 aromatic carbocycles. The van der Waals surface area contributed by atoms with Gasteiger partial charge in [-0.3, -0.25) is 48.3 Å². The van der Waals surface area contributed by atoms with Crippen molar-refractivity contribution in [3.8, 4) is 5.75 Å². The normalized spacial score (nSPS) is 20.7. The molecule has 4 aromatic rings. The van der Waals surface area contributed by atoms with Gasteiger partial charge >= 0.3 is 22.4 Å². The van der Waals surface area contributed by atoms with Gasteiger partial charge in [-0.15, -0.1) is 5.75 Å². The number of amides is 8. The number of primary amides is 1. The van der Waals surface area contributed by atoms with Crippen molar-refractivity contribution in [2.75, 3.05) is 43.9 Å². The van der Waals surface area contributed by atoms with E-state index in [-0.39, 0.29) is 68.1 Å². The molecule has 8 amide bonds. The first-order valence-electron chi connectivity index (χ1n) is 28.5. The van der Waals surface area contributed by atoms with E-state index in [0.717, 1.165) is 46.4 Å². The summed E-state index contributed by atoms with van der Waals surface area (Å²) in [6.45, 7) is 1.42. The first-order valence-corrected chi connectivity index (χ1v) is 31.0. The number of aliphatic hydroxyl groups excluding tert-OH is 1. The minimum atomic E-state index is -1.67. The zero-order chi connectivity index (χ0) is 64.9. The number of nitrogens with two attached hydrogens (primary N) is 4. The number of aromatic nitrogens is 1. The predicted molar refractivity (Wildman–Crippen MR) is 325 cm³/mol. The molecule has 1 aliphatic rings. The Bertz CT molecular complexity index is 3000. The van der Waals surface area contributed by atoms with Gasteiger partial charge in [0.25, 0.3) is 0 Å². The van der Waals surface area contributed by atoms with Crippen LogP contribution in [0.25, 0.3) is 10.9 Å². The van der Waals surface area contributed by atoms with E-state index in [0.29, 0.717) is 48.9 Å². The van der Waals surface area contributed by atoms with E-state index in [9.17, 15) is 49.2 Å². The summed E-state index contributed by atoms with van der Waals surface area (Å²) < 4.78 is 8.22. The van der Waals surface area contributed by atoms with Crippen molar-refractivity contribution in [1.82, 2.24) is 41.8 Å². The third-order valence-electron chi connectivity index (χ3n) is 14.3. The summed E-state index contributed by atoms with van der Waals surface area (Å²) in [5.41, 5.74) is 25.2. The molecule has 0 bridgehead atoms. The van der Waals surface area contributed by atoms with Gasteiger partial charge in [-0.1, -0.05) is 60.7 Å². The number of likely N-dealkylation sites (N-methyl/N-ethyl adjacent to an activating group) is 1. The number of aliphatic imine (C=N–C) groups is 2. The third-order valence-corrected chi connectivity index (χ3v) is 15.6. The number of para-hydroxylation sites is 1. The van der Waals surface area contributed by atoms with E-state index < -0.39 is 126 Å². The van der Waals surface area contributed by atoms with Gasteiger partial charge in [-0.25, -0.2) is 0 Å². The van der Waals surface area contributed by atoms with Crippen molar-refractivity contribution in [3.63, 3.8) is 0 Å². The molecule has 10 atom stereocenters. The van der Waals surface area contributed by atoms with Crippen LogP contribution in [0.1, 0.15) is 68.6 Å². The van der Waals surface area contributed by atoms with Crippen molar-refractivity contribution in [2.45, 2.75) is 132 Å². The van der Waals surface area contributed by atoms with Crippen molar-refractivity contribution >= 4 is 94.3 Å². The Labute approximate surface area is 530 Å². The Morgan fingerprint density at radius 2 is 1.30 bits per heavy atom. The fraction of sp³-hybridized carbons (Fsp3) is 0.483. The maximum absolute atomic E-state index is 15.1. The van der Waals surface area contributed by atoms with Crippen LogP contribution in [-0.2, 0) is 92.6 Å². The van der Waals surface area contributed by atoms with Gasteiger partial charge in [0.1, 0.15) is 48.0 Å². The number of nitrogens with one attached hydrogen (secondary N) is 7. The molecule has 1 saturated heterocycles. The van der Waals surface area contributed by atoms with Gasteiger partial charge in [0.15, 0.2) is 0 Å². The summed E-state index contributed by atoms with van der Waals surface area (Å²) in [6.07, 6.45) is 1.30. The zero-order valence-corrected chi connectivity index (χ0v) is 52.4. The number of phenolic OH excluding ortho intramolecular Hbond substituents is 1. The molecule has 1 aromatic heterocycles. The van der Waals surface area contributed by atoms with E-state index in [1.807, 2.05) is 18.2 Å². The van der Waals surface area contributed by atoms with Gasteiger partial charge in [-0.05, 0) is 117 Å². The Hall–Kier alpha value is -7.31. The summed E-state index contributed by atoms with van der Waals surface area (Å²) in [5.74, 6) is -9.02. The summed E-state index contributed by atoms with van der Waals surface area (Å²) >= 11 is 6.82. The van der Waals surface area contributed by atoms with E-state index >= 15 is 9.59 Å². The van der Waals surface area contributed by atoms with Gasteiger partial charge in [-0.2, -0.15) is 11.8 Å². The third kappa shape index (κ3) is 23.3. The summed E-state index contributed by atoms with van der Waals surface area (Å²) in [5, 5.41) is 64.3. The van der Waals surface area contributed by atoms with Crippen LogP contribution >= 0.6 is 11.8 Å². The van der Waals surface area contributed by atoms with Crippen molar-refractivity contribution in [2.24, 2.45) is 32.9 Å². The molecule has 2 heterocycles. The number of benzene rings is 3. The van der Waals surface area contributed by atoms with Crippen LogP contribution in [0.3, 0.4) is 0 Å². The van der Waals surface area contributed by atoms with Crippen molar-refractivity contribution in [3.05, 3.63) is 102 Å². The van der Waals surface area contributed by atoms with Crippen LogP contribution in [0.15, 0.2) is 95.0 Å². The number of aromatic hydroxyl groups is 1. The molecule has 30 heteroatoms. The van der Waals surface area contributed by atoms with Crippen LogP contribution in [0.2, 0.25) is 0 Å². The average molecular weight is 1340 g/mol. The number of H-pyrrole nitrogens is 1. The molecule has 27 nitrogen and oxygen atoms in total. The Kier molecular flexibility index (Phi) is 31.7. The number of unbranched alkanes of at least 4 members (excludes halogenated alkanes) is 2. The molecule has 17 N–H and O–H groups in total. The molecule has 0 radical (unpaired) electrons. The monoisotopic (exact) mass is 1340 g/mol. The first kappa shape index (κ1) is 73.2. The second-order valence-electron chi connectivity index (χ2n) is 20.9. The summed E-state index contributed by atoms with van der Waals surface area (Å²) in [6, 6.07) is 8.98. The number of aromatic amines is 1. The average Bonchev–Trinajstić information content (AvgIpc) is 2.17. The molecule has 0 unspecified atom stereocenters. The molecule has 0 aliphatic carbocycles. The van der Waals surface area contributed by atoms with Crippen LogP contribution in [0.5, 0.6) is 5.75 Å². The Balaban J connectivity index is 0.00000819. The molecule has 1 fully saturated rings. The number of carbonyl (C=O) groups excluding carboxylic acids is 8. The van der Waals surface area contributed by atoms with Crippen LogP contribution < -0.4 is 65.0 Å². The summed E-state index contributed by atoms with van der Waals surface area (Å²) in [7, 11) is 1.33. The molecular weight excluding hydrogens is 1260 g/mol. The van der Waals surface area contributed by atoms with Crippen molar-refractivity contribution < 1.29 is 81.1 Å². The standard InChI is InChI=1S/C58H82N14O12S2.O.Tc/c1-33(73)49-57(83)69-45(27-34-12-4-3-5-13-34)58(84)72(2)47(22-25-86-32-48(75)64-30-39(61)51(77)65-41(16-8-10-23-59)52(78)70-46(31-85)50(62)76)56(82)68-43(26-35-18-20-37(74)21-19-35)54(80)67-44(28-36-29-63-40-15-7-6-14-38(36)40)55(81)66-42(53(79)71-49)17-9-11-24-60;;/h3-7,12-15,18-21,29,33,39,41-47,49,63,73-74,85H,8-11,16-17,22-28,30-32,59-61H2,1-2H3,(H2,62,76)(H,64,75)(H,65,77)(H,66,81)(H,67,80)(H,68,82)(H,69,83)(H,70,78)(H,71,79);;/q;;+3/p-3/t33-,39+,41+,42+,43+,44-,45+,46+,47+,49+;;/m1../s1/i;;1+1. The Morgan fingerprint density at radius 1 is 0.727 bits per heavy atom. The number of carbonyl (C=O) groups is 8. The summed E-state index contributed by atoms with van der Waals surface area (Å²) in [4.78, 5) is 125. The van der Waals surface area contributed by atoms with Gasteiger partial charge < -0.3 is 97.8 Å². The fourth-order valence-corrected chi connectivity index (χ4v) is 10.4. The van der Waals surface area contributed by atoms with E-state index in [1.54, 1.807) is 42.6 Å². The molecule has 478 valence electrons. The van der Waals surface area contributed by atoms with E-state index in [4.69, 9.17) is 39.1 Å². The maximum atomic E-state index is 15.1. The Morgan fingerprint density at radius 3 is 1.94 bits per heavy atom. The molecule has 0 spiro atoms. The molecule has 5 rings (SSSR count). The predicted octanol–water partition coefficient (Wildman–Crippen LogP) is -3.46. The molecular formula is C58H79N14O13S2Tc. The number of hydrogen-bond acceptors (Lipinski definition) is 20. The van der Waals surface area contributed by atoms with E-state index in [1.165, 1.54) is 38.2 Å². The van der Waals surface area contributed by atoms with Crippen LogP contribution in [-0.4, -0.2) is 184 Å².